The molecule has 0 fully saturated rings. The van der Waals surface area contributed by atoms with Crippen molar-refractivity contribution in [3.05, 3.63) is 51.2 Å². The number of thiazole rings is 1. The third-order valence-corrected chi connectivity index (χ3v) is 3.42. The smallest absolute Gasteiger partial charge is 0.215 e. The van der Waals surface area contributed by atoms with Gasteiger partial charge in [-0.15, -0.1) is 11.3 Å². The first kappa shape index (κ1) is 12.9. The molecule has 2 aromatic rings. The van der Waals surface area contributed by atoms with E-state index in [-0.39, 0.29) is 17.0 Å². The summed E-state index contributed by atoms with van der Waals surface area (Å²) in [6.45, 7) is 2.30. The second-order valence-electron chi connectivity index (χ2n) is 3.98. The standard InChI is InChI=1S/C13H13FN2OS/c1-8-2-3-10(14)9(6-8)13(17)11-7-18-12(16-11)4-5-15/h2-3,6-7H,4-5,15H2,1H3. The quantitative estimate of drug-likeness (QED) is 0.862. The number of aromatic nitrogens is 1. The van der Waals surface area contributed by atoms with Gasteiger partial charge in [0.05, 0.1) is 10.6 Å². The number of halogens is 1. The Labute approximate surface area is 108 Å². The van der Waals surface area contributed by atoms with Crippen LogP contribution in [0.15, 0.2) is 23.6 Å². The topological polar surface area (TPSA) is 56.0 Å². The van der Waals surface area contributed by atoms with E-state index in [9.17, 15) is 9.18 Å². The van der Waals surface area contributed by atoms with Gasteiger partial charge in [0.2, 0.25) is 5.78 Å². The largest absolute Gasteiger partial charge is 0.330 e. The average molecular weight is 264 g/mol. The van der Waals surface area contributed by atoms with E-state index in [4.69, 9.17) is 5.73 Å². The minimum Gasteiger partial charge on any atom is -0.330 e. The van der Waals surface area contributed by atoms with E-state index in [1.54, 1.807) is 17.5 Å². The van der Waals surface area contributed by atoms with Crippen molar-refractivity contribution in [1.82, 2.24) is 4.98 Å². The number of rotatable bonds is 4. The minimum atomic E-state index is -0.515. The van der Waals surface area contributed by atoms with Crippen LogP contribution in [0, 0.1) is 12.7 Å². The summed E-state index contributed by atoms with van der Waals surface area (Å²) in [5.74, 6) is -0.894. The molecule has 1 aromatic heterocycles. The molecule has 0 spiro atoms. The summed E-state index contributed by atoms with van der Waals surface area (Å²) in [7, 11) is 0. The molecule has 0 amide bonds. The van der Waals surface area contributed by atoms with E-state index in [2.05, 4.69) is 4.98 Å². The number of aryl methyl sites for hydroxylation is 1. The van der Waals surface area contributed by atoms with Crippen molar-refractivity contribution in [3.63, 3.8) is 0 Å². The molecule has 0 saturated heterocycles. The second kappa shape index (κ2) is 5.37. The maximum atomic E-state index is 13.6. The molecule has 0 saturated carbocycles. The van der Waals surface area contributed by atoms with Crippen LogP contribution in [-0.2, 0) is 6.42 Å². The van der Waals surface area contributed by atoms with Gasteiger partial charge in [-0.1, -0.05) is 11.6 Å². The Bertz CT molecular complexity index is 580. The molecule has 1 heterocycles. The van der Waals surface area contributed by atoms with Gasteiger partial charge in [0.25, 0.3) is 0 Å². The van der Waals surface area contributed by atoms with Crippen LogP contribution in [0.5, 0.6) is 0 Å². The third kappa shape index (κ3) is 2.63. The Kier molecular flexibility index (Phi) is 3.84. The Morgan fingerprint density at radius 2 is 2.28 bits per heavy atom. The number of ketones is 1. The highest BCUT2D eigenvalue weighted by Gasteiger charge is 2.17. The predicted molar refractivity (Wildman–Crippen MR) is 69.4 cm³/mol. The fourth-order valence-corrected chi connectivity index (χ4v) is 2.40. The van der Waals surface area contributed by atoms with Crippen molar-refractivity contribution in [1.29, 1.82) is 0 Å². The molecule has 94 valence electrons. The predicted octanol–water partition coefficient (Wildman–Crippen LogP) is 2.32. The van der Waals surface area contributed by atoms with Crippen molar-refractivity contribution < 1.29 is 9.18 Å². The number of hydrogen-bond acceptors (Lipinski definition) is 4. The van der Waals surface area contributed by atoms with Gasteiger partial charge in [-0.05, 0) is 25.6 Å². The molecule has 0 aliphatic heterocycles. The normalized spacial score (nSPS) is 10.6. The van der Waals surface area contributed by atoms with Crippen LogP contribution in [0.2, 0.25) is 0 Å². The van der Waals surface area contributed by atoms with Gasteiger partial charge >= 0.3 is 0 Å². The van der Waals surface area contributed by atoms with Crippen LogP contribution < -0.4 is 5.73 Å². The van der Waals surface area contributed by atoms with E-state index in [1.165, 1.54) is 17.4 Å². The Morgan fingerprint density at radius 3 is 3.00 bits per heavy atom. The van der Waals surface area contributed by atoms with Crippen molar-refractivity contribution in [2.24, 2.45) is 5.73 Å². The number of benzene rings is 1. The van der Waals surface area contributed by atoms with Gasteiger partial charge in [-0.2, -0.15) is 0 Å². The summed E-state index contributed by atoms with van der Waals surface area (Å²) < 4.78 is 13.6. The van der Waals surface area contributed by atoms with Gasteiger partial charge in [0, 0.05) is 11.8 Å². The van der Waals surface area contributed by atoms with E-state index in [0.717, 1.165) is 10.6 Å². The molecule has 0 radical (unpaired) electrons. The van der Waals surface area contributed by atoms with Crippen molar-refractivity contribution in [2.45, 2.75) is 13.3 Å². The molecule has 0 bridgehead atoms. The fourth-order valence-electron chi connectivity index (χ4n) is 1.60. The summed E-state index contributed by atoms with van der Waals surface area (Å²) in [6.07, 6.45) is 0.633. The van der Waals surface area contributed by atoms with Crippen LogP contribution in [-0.4, -0.2) is 17.3 Å². The van der Waals surface area contributed by atoms with Gasteiger partial charge in [0.15, 0.2) is 0 Å². The van der Waals surface area contributed by atoms with Crippen LogP contribution in [0.25, 0.3) is 0 Å². The summed E-state index contributed by atoms with van der Waals surface area (Å²) in [5, 5.41) is 2.45. The Hall–Kier alpha value is -1.59. The highest BCUT2D eigenvalue weighted by atomic mass is 32.1. The molecule has 18 heavy (non-hydrogen) atoms. The number of carbonyl (C=O) groups is 1. The van der Waals surface area contributed by atoms with Gasteiger partial charge in [-0.3, -0.25) is 4.79 Å². The zero-order valence-electron chi connectivity index (χ0n) is 9.94. The first-order valence-electron chi connectivity index (χ1n) is 5.57. The lowest BCUT2D eigenvalue weighted by atomic mass is 10.1. The number of hydrogen-bond donors (Lipinski definition) is 1. The molecule has 0 unspecified atom stereocenters. The van der Waals surface area contributed by atoms with Crippen molar-refractivity contribution in [3.8, 4) is 0 Å². The first-order chi connectivity index (χ1) is 8.61. The SMILES string of the molecule is Cc1ccc(F)c(C(=O)c2csc(CCN)n2)c1. The van der Waals surface area contributed by atoms with E-state index in [1.807, 2.05) is 6.92 Å². The molecule has 3 nitrogen and oxygen atoms in total. The van der Waals surface area contributed by atoms with Crippen LogP contribution in [0.4, 0.5) is 4.39 Å². The zero-order valence-corrected chi connectivity index (χ0v) is 10.8. The van der Waals surface area contributed by atoms with Gasteiger partial charge in [0.1, 0.15) is 11.5 Å². The number of nitrogens with zero attached hydrogens (tertiary/aromatic N) is 1. The van der Waals surface area contributed by atoms with E-state index < -0.39 is 5.82 Å². The molecule has 5 heteroatoms. The molecule has 2 N–H and O–H groups in total. The highest BCUT2D eigenvalue weighted by Crippen LogP contribution is 2.17. The average Bonchev–Trinajstić information content (AvgIpc) is 2.80. The van der Waals surface area contributed by atoms with Crippen molar-refractivity contribution in [2.75, 3.05) is 6.54 Å². The maximum absolute atomic E-state index is 13.6. The minimum absolute atomic E-state index is 0.0691. The molecule has 2 rings (SSSR count). The summed E-state index contributed by atoms with van der Waals surface area (Å²) in [5.41, 5.74) is 6.62. The van der Waals surface area contributed by atoms with Gasteiger partial charge in [-0.25, -0.2) is 9.37 Å². The summed E-state index contributed by atoms with van der Waals surface area (Å²) in [4.78, 5) is 16.3. The van der Waals surface area contributed by atoms with Crippen molar-refractivity contribution >= 4 is 17.1 Å². The summed E-state index contributed by atoms with van der Waals surface area (Å²) >= 11 is 1.37. The molecule has 1 aromatic carbocycles. The molecule has 0 aliphatic carbocycles. The molecular formula is C13H13FN2OS. The number of carbonyl (C=O) groups excluding carboxylic acids is 1. The molecule has 0 aliphatic rings. The first-order valence-corrected chi connectivity index (χ1v) is 6.45. The zero-order chi connectivity index (χ0) is 13.1. The molecule has 0 atom stereocenters. The van der Waals surface area contributed by atoms with Crippen LogP contribution in [0.3, 0.4) is 0 Å². The fraction of sp³-hybridized carbons (Fsp3) is 0.231. The monoisotopic (exact) mass is 264 g/mol. The lowest BCUT2D eigenvalue weighted by Gasteiger charge is -2.01. The summed E-state index contributed by atoms with van der Waals surface area (Å²) in [6, 6.07) is 4.47. The van der Waals surface area contributed by atoms with Crippen LogP contribution >= 0.6 is 11.3 Å². The lowest BCUT2D eigenvalue weighted by molar-refractivity contribution is 0.103. The third-order valence-electron chi connectivity index (χ3n) is 2.51. The molecular weight excluding hydrogens is 251 g/mol. The highest BCUT2D eigenvalue weighted by molar-refractivity contribution is 7.09. The Balaban J connectivity index is 2.32. The maximum Gasteiger partial charge on any atom is 0.215 e. The Morgan fingerprint density at radius 1 is 1.50 bits per heavy atom. The second-order valence-corrected chi connectivity index (χ2v) is 4.92. The van der Waals surface area contributed by atoms with E-state index in [0.29, 0.717) is 13.0 Å². The van der Waals surface area contributed by atoms with E-state index >= 15 is 0 Å². The van der Waals surface area contributed by atoms with Gasteiger partial charge < -0.3 is 5.73 Å². The van der Waals surface area contributed by atoms with Crippen LogP contribution in [0.1, 0.15) is 26.6 Å². The lowest BCUT2D eigenvalue weighted by Crippen LogP contribution is -2.06. The number of nitrogens with two attached hydrogens (primary N) is 1.